The molecule has 0 spiro atoms. The molecule has 5 nitrogen and oxygen atoms in total. The van der Waals surface area contributed by atoms with Gasteiger partial charge in [-0.15, -0.1) is 5.10 Å². The number of carbonyl (C=O) groups excluding carboxylic acids is 1. The molecule has 1 N–H and O–H groups in total. The van der Waals surface area contributed by atoms with Crippen LogP contribution in [-0.4, -0.2) is 25.9 Å². The molecule has 0 radical (unpaired) electrons. The van der Waals surface area contributed by atoms with Crippen LogP contribution in [0.3, 0.4) is 0 Å². The van der Waals surface area contributed by atoms with Gasteiger partial charge in [0, 0.05) is 6.20 Å². The second-order valence-electron chi connectivity index (χ2n) is 3.38. The van der Waals surface area contributed by atoms with Crippen LogP contribution in [0.2, 0.25) is 0 Å². The van der Waals surface area contributed by atoms with E-state index in [1.54, 1.807) is 18.3 Å². The number of carbonyl (C=O) groups is 1. The fraction of sp³-hybridized carbons (Fsp3) is 0. The Morgan fingerprint density at radius 3 is 2.88 bits per heavy atom. The Hall–Kier alpha value is -2.43. The van der Waals surface area contributed by atoms with Gasteiger partial charge in [-0.05, 0) is 24.3 Å². The van der Waals surface area contributed by atoms with Crippen molar-refractivity contribution in [2.75, 3.05) is 0 Å². The van der Waals surface area contributed by atoms with Gasteiger partial charge in [-0.1, -0.05) is 17.3 Å². The molecule has 0 aliphatic heterocycles. The molecule has 2 aromatic heterocycles. The average Bonchev–Trinajstić information content (AvgIpc) is 2.98. The molecule has 0 unspecified atom stereocenters. The molecule has 5 heteroatoms. The Morgan fingerprint density at radius 1 is 1.19 bits per heavy atom. The maximum atomic E-state index is 12.0. The van der Waals surface area contributed by atoms with Crippen molar-refractivity contribution in [3.05, 3.63) is 48.3 Å². The molecule has 0 bridgehead atoms. The second kappa shape index (κ2) is 3.30. The van der Waals surface area contributed by atoms with E-state index in [-0.39, 0.29) is 5.91 Å². The number of benzene rings is 1. The van der Waals surface area contributed by atoms with Crippen molar-refractivity contribution in [1.82, 2.24) is 20.0 Å². The molecule has 3 rings (SSSR count). The van der Waals surface area contributed by atoms with Gasteiger partial charge in [0.2, 0.25) is 0 Å². The first kappa shape index (κ1) is 8.84. The summed E-state index contributed by atoms with van der Waals surface area (Å²) < 4.78 is 1.29. The quantitative estimate of drug-likeness (QED) is 0.664. The van der Waals surface area contributed by atoms with Crippen molar-refractivity contribution in [2.24, 2.45) is 0 Å². The fourth-order valence-electron chi connectivity index (χ4n) is 1.60. The molecule has 78 valence electrons. The highest BCUT2D eigenvalue weighted by atomic mass is 16.2. The van der Waals surface area contributed by atoms with Crippen molar-refractivity contribution in [3.8, 4) is 0 Å². The summed E-state index contributed by atoms with van der Waals surface area (Å²) in [6.07, 6.45) is 1.70. The van der Waals surface area contributed by atoms with Crippen LogP contribution in [0.25, 0.3) is 11.0 Å². The smallest absolute Gasteiger partial charge is 0.296 e. The number of hydrogen-bond acceptors (Lipinski definition) is 3. The molecule has 0 aliphatic rings. The number of H-pyrrole nitrogens is 1. The van der Waals surface area contributed by atoms with Crippen LogP contribution in [0.4, 0.5) is 0 Å². The molecule has 0 fully saturated rings. The Morgan fingerprint density at radius 2 is 2.06 bits per heavy atom. The van der Waals surface area contributed by atoms with Gasteiger partial charge in [0.05, 0.1) is 5.52 Å². The van der Waals surface area contributed by atoms with E-state index < -0.39 is 0 Å². The summed E-state index contributed by atoms with van der Waals surface area (Å²) in [6.45, 7) is 0. The lowest BCUT2D eigenvalue weighted by Crippen LogP contribution is -2.13. The van der Waals surface area contributed by atoms with E-state index in [2.05, 4.69) is 15.3 Å². The minimum atomic E-state index is -0.210. The van der Waals surface area contributed by atoms with Gasteiger partial charge < -0.3 is 4.98 Å². The number of aromatic amines is 1. The van der Waals surface area contributed by atoms with E-state index in [4.69, 9.17) is 0 Å². The standard InChI is InChI=1S/C11H8N4O/c16-11(9-5-3-7-12-9)15-10-6-2-1-4-8(10)13-14-15/h1-7,12H. The van der Waals surface area contributed by atoms with Crippen LogP contribution >= 0.6 is 0 Å². The molecule has 0 atom stereocenters. The Labute approximate surface area is 90.7 Å². The second-order valence-corrected chi connectivity index (χ2v) is 3.38. The van der Waals surface area contributed by atoms with Crippen LogP contribution in [0.1, 0.15) is 10.5 Å². The van der Waals surface area contributed by atoms with E-state index in [0.29, 0.717) is 16.7 Å². The van der Waals surface area contributed by atoms with Crippen LogP contribution in [0, 0.1) is 0 Å². The summed E-state index contributed by atoms with van der Waals surface area (Å²) in [4.78, 5) is 14.9. The Bertz CT molecular complexity index is 639. The van der Waals surface area contributed by atoms with E-state index in [9.17, 15) is 4.79 Å². The molecule has 16 heavy (non-hydrogen) atoms. The lowest BCUT2D eigenvalue weighted by Gasteiger charge is -1.97. The first-order chi connectivity index (χ1) is 7.86. The third-order valence-corrected chi connectivity index (χ3v) is 2.37. The lowest BCUT2D eigenvalue weighted by molar-refractivity contribution is 0.0944. The number of rotatable bonds is 1. The summed E-state index contributed by atoms with van der Waals surface area (Å²) in [7, 11) is 0. The molecule has 1 aromatic carbocycles. The topological polar surface area (TPSA) is 63.6 Å². The van der Waals surface area contributed by atoms with Crippen LogP contribution in [0.5, 0.6) is 0 Å². The van der Waals surface area contributed by atoms with Crippen LogP contribution < -0.4 is 0 Å². The summed E-state index contributed by atoms with van der Waals surface area (Å²) >= 11 is 0. The van der Waals surface area contributed by atoms with Crippen LogP contribution in [0.15, 0.2) is 42.6 Å². The fourth-order valence-corrected chi connectivity index (χ4v) is 1.60. The number of aromatic nitrogens is 4. The number of para-hydroxylation sites is 1. The molecule has 2 heterocycles. The summed E-state index contributed by atoms with van der Waals surface area (Å²) in [5, 5.41) is 7.78. The molecule has 0 saturated heterocycles. The van der Waals surface area contributed by atoms with Gasteiger partial charge in [0.1, 0.15) is 11.2 Å². The van der Waals surface area contributed by atoms with Gasteiger partial charge in [-0.2, -0.15) is 4.68 Å². The number of nitrogens with one attached hydrogen (secondary N) is 1. The predicted octanol–water partition coefficient (Wildman–Crippen LogP) is 1.45. The number of hydrogen-bond donors (Lipinski definition) is 1. The summed E-state index contributed by atoms with van der Waals surface area (Å²) in [5.41, 5.74) is 1.92. The van der Waals surface area contributed by atoms with Crippen molar-refractivity contribution in [1.29, 1.82) is 0 Å². The van der Waals surface area contributed by atoms with Gasteiger partial charge in [0.15, 0.2) is 0 Å². The normalized spacial score (nSPS) is 10.8. The zero-order valence-electron chi connectivity index (χ0n) is 8.29. The van der Waals surface area contributed by atoms with Crippen molar-refractivity contribution >= 4 is 16.9 Å². The number of nitrogens with zero attached hydrogens (tertiary/aromatic N) is 3. The Balaban J connectivity index is 2.16. The highest BCUT2D eigenvalue weighted by molar-refractivity contribution is 5.98. The van der Waals surface area contributed by atoms with E-state index in [0.717, 1.165) is 0 Å². The lowest BCUT2D eigenvalue weighted by atomic mass is 10.3. The molecule has 0 saturated carbocycles. The predicted molar refractivity (Wildman–Crippen MR) is 58.0 cm³/mol. The zero-order valence-corrected chi connectivity index (χ0v) is 8.29. The first-order valence-electron chi connectivity index (χ1n) is 4.85. The minimum Gasteiger partial charge on any atom is -0.357 e. The molecular formula is C11H8N4O. The van der Waals surface area contributed by atoms with Gasteiger partial charge in [-0.3, -0.25) is 4.79 Å². The highest BCUT2D eigenvalue weighted by Crippen LogP contribution is 2.11. The average molecular weight is 212 g/mol. The molecular weight excluding hydrogens is 204 g/mol. The molecule has 0 amide bonds. The highest BCUT2D eigenvalue weighted by Gasteiger charge is 2.13. The third kappa shape index (κ3) is 1.22. The first-order valence-corrected chi connectivity index (χ1v) is 4.85. The minimum absolute atomic E-state index is 0.210. The molecule has 3 aromatic rings. The van der Waals surface area contributed by atoms with Crippen molar-refractivity contribution < 1.29 is 4.79 Å². The van der Waals surface area contributed by atoms with Crippen molar-refractivity contribution in [2.45, 2.75) is 0 Å². The van der Waals surface area contributed by atoms with E-state index >= 15 is 0 Å². The summed E-state index contributed by atoms with van der Waals surface area (Å²) in [6, 6.07) is 10.8. The van der Waals surface area contributed by atoms with Crippen LogP contribution in [-0.2, 0) is 0 Å². The maximum Gasteiger partial charge on any atom is 0.296 e. The Kier molecular flexibility index (Phi) is 1.83. The largest absolute Gasteiger partial charge is 0.357 e. The third-order valence-electron chi connectivity index (χ3n) is 2.37. The van der Waals surface area contributed by atoms with Gasteiger partial charge in [0.25, 0.3) is 5.91 Å². The van der Waals surface area contributed by atoms with E-state index in [1.807, 2.05) is 24.3 Å². The maximum absolute atomic E-state index is 12.0. The number of fused-ring (bicyclic) bond motifs is 1. The zero-order chi connectivity index (χ0) is 11.0. The SMILES string of the molecule is O=C(c1ccc[nH]1)n1nnc2ccccc21. The van der Waals surface area contributed by atoms with Crippen molar-refractivity contribution in [3.63, 3.8) is 0 Å². The van der Waals surface area contributed by atoms with Gasteiger partial charge >= 0.3 is 0 Å². The summed E-state index contributed by atoms with van der Waals surface area (Å²) in [5.74, 6) is -0.210. The van der Waals surface area contributed by atoms with E-state index in [1.165, 1.54) is 4.68 Å². The monoisotopic (exact) mass is 212 g/mol. The molecule has 0 aliphatic carbocycles. The van der Waals surface area contributed by atoms with Gasteiger partial charge in [-0.25, -0.2) is 0 Å².